The minimum absolute atomic E-state index is 0.00776. The van der Waals surface area contributed by atoms with Crippen molar-refractivity contribution in [1.29, 1.82) is 5.26 Å². The second-order valence-corrected chi connectivity index (χ2v) is 10.5. The molecule has 2 aromatic rings. The maximum absolute atomic E-state index is 13.9. The highest BCUT2D eigenvalue weighted by atomic mass is 35.5. The summed E-state index contributed by atoms with van der Waals surface area (Å²) in [7, 11) is -4.09. The summed E-state index contributed by atoms with van der Waals surface area (Å²) >= 11 is 6.20. The lowest BCUT2D eigenvalue weighted by molar-refractivity contribution is -0.130. The number of hydrogen-bond acceptors (Lipinski definition) is 4. The maximum atomic E-state index is 13.9. The van der Waals surface area contributed by atoms with Crippen LogP contribution in [0, 0.1) is 24.1 Å². The van der Waals surface area contributed by atoms with Crippen LogP contribution >= 0.6 is 11.6 Å². The lowest BCUT2D eigenvalue weighted by atomic mass is 10.1. The molecule has 3 rings (SSSR count). The first-order valence-electron chi connectivity index (χ1n) is 10.2. The van der Waals surface area contributed by atoms with Crippen molar-refractivity contribution in [2.45, 2.75) is 38.5 Å². The van der Waals surface area contributed by atoms with Crippen LogP contribution in [0.15, 0.2) is 36.4 Å². The molecule has 1 saturated heterocycles. The molecule has 0 amide bonds. The van der Waals surface area contributed by atoms with Crippen LogP contribution in [0.5, 0.6) is 0 Å². The molecular formula is C22H22ClF4N3O2S. The fourth-order valence-electron chi connectivity index (χ4n) is 3.79. The lowest BCUT2D eigenvalue weighted by Crippen LogP contribution is -2.39. The average molecular weight is 504 g/mol. The molecule has 0 aliphatic carbocycles. The fourth-order valence-corrected chi connectivity index (χ4v) is 5.54. The van der Waals surface area contributed by atoms with E-state index in [0.717, 1.165) is 9.87 Å². The molecule has 0 saturated carbocycles. The minimum Gasteiger partial charge on any atom is -0.363 e. The summed E-state index contributed by atoms with van der Waals surface area (Å²) in [4.78, 5) is 1.86. The maximum Gasteiger partial charge on any atom is 0.390 e. The van der Waals surface area contributed by atoms with Crippen molar-refractivity contribution in [2.75, 3.05) is 23.7 Å². The molecule has 0 unspecified atom stereocenters. The van der Waals surface area contributed by atoms with Gasteiger partial charge in [0.25, 0.3) is 0 Å². The molecule has 178 valence electrons. The van der Waals surface area contributed by atoms with Gasteiger partial charge >= 0.3 is 6.18 Å². The van der Waals surface area contributed by atoms with Gasteiger partial charge in [0.2, 0.25) is 10.0 Å². The second kappa shape index (κ2) is 9.87. The topological polar surface area (TPSA) is 64.4 Å². The van der Waals surface area contributed by atoms with E-state index in [9.17, 15) is 26.0 Å². The van der Waals surface area contributed by atoms with E-state index >= 15 is 0 Å². The Kier molecular flexibility index (Phi) is 7.56. The summed E-state index contributed by atoms with van der Waals surface area (Å²) in [5.74, 6) is -1.43. The predicted molar refractivity (Wildman–Crippen MR) is 118 cm³/mol. The van der Waals surface area contributed by atoms with Crippen LogP contribution in [-0.4, -0.2) is 43.8 Å². The molecule has 0 aromatic heterocycles. The summed E-state index contributed by atoms with van der Waals surface area (Å²) in [5, 5.41) is 9.36. The number of sulfonamides is 1. The van der Waals surface area contributed by atoms with Gasteiger partial charge in [-0.2, -0.15) is 22.7 Å². The number of nitriles is 1. The largest absolute Gasteiger partial charge is 0.390 e. The molecule has 1 aliphatic heterocycles. The highest BCUT2D eigenvalue weighted by Crippen LogP contribution is 2.31. The van der Waals surface area contributed by atoms with Crippen molar-refractivity contribution >= 4 is 27.3 Å². The van der Waals surface area contributed by atoms with Crippen LogP contribution < -0.4 is 4.90 Å². The number of nitrogens with zero attached hydrogens (tertiary/aromatic N) is 3. The molecular weight excluding hydrogens is 482 g/mol. The van der Waals surface area contributed by atoms with Crippen LogP contribution in [0.4, 0.5) is 23.2 Å². The van der Waals surface area contributed by atoms with Gasteiger partial charge in [0.15, 0.2) is 0 Å². The molecule has 0 N–H and O–H groups in total. The standard InChI is InChI=1S/C22H22ClF4N3O2S/c1-15-2-4-18(24)10-17(15)13-30(19-5-3-16(12-28)21(23)11-19)20-6-8-29(14-20)33(31,32)9-7-22(25,26)27/h2-5,10-11,20H,6-9,13-14H2,1H3/t20-/m0/s1. The Bertz CT molecular complexity index is 1170. The molecule has 33 heavy (non-hydrogen) atoms. The zero-order chi connectivity index (χ0) is 24.4. The molecule has 1 atom stereocenters. The molecule has 1 heterocycles. The number of aryl methyl sites for hydroxylation is 1. The van der Waals surface area contributed by atoms with Crippen molar-refractivity contribution in [2.24, 2.45) is 0 Å². The molecule has 2 aromatic carbocycles. The second-order valence-electron chi connectivity index (χ2n) is 7.96. The normalized spacial score (nSPS) is 17.2. The van der Waals surface area contributed by atoms with Crippen LogP contribution in [0.2, 0.25) is 5.02 Å². The van der Waals surface area contributed by atoms with Crippen molar-refractivity contribution in [3.8, 4) is 6.07 Å². The first-order valence-corrected chi connectivity index (χ1v) is 12.1. The number of benzene rings is 2. The summed E-state index contributed by atoms with van der Waals surface area (Å²) in [6.07, 6.45) is -5.60. The number of hydrogen-bond donors (Lipinski definition) is 0. The molecule has 1 fully saturated rings. The third-order valence-corrected chi connectivity index (χ3v) is 7.81. The smallest absolute Gasteiger partial charge is 0.363 e. The predicted octanol–water partition coefficient (Wildman–Crippen LogP) is 5.02. The van der Waals surface area contributed by atoms with Gasteiger partial charge in [-0.05, 0) is 54.8 Å². The number of halogens is 5. The molecule has 11 heteroatoms. The summed E-state index contributed by atoms with van der Waals surface area (Å²) in [6.45, 7) is 2.12. The van der Waals surface area contributed by atoms with E-state index in [0.29, 0.717) is 17.7 Å². The van der Waals surface area contributed by atoms with E-state index in [-0.39, 0.29) is 36.3 Å². The van der Waals surface area contributed by atoms with E-state index in [4.69, 9.17) is 16.9 Å². The van der Waals surface area contributed by atoms with Gasteiger partial charge in [0.05, 0.1) is 22.8 Å². The van der Waals surface area contributed by atoms with Crippen LogP contribution in [0.1, 0.15) is 29.5 Å². The van der Waals surface area contributed by atoms with Gasteiger partial charge in [-0.3, -0.25) is 0 Å². The highest BCUT2D eigenvalue weighted by Gasteiger charge is 2.37. The van der Waals surface area contributed by atoms with Crippen molar-refractivity contribution in [3.63, 3.8) is 0 Å². The van der Waals surface area contributed by atoms with Crippen LogP contribution in [0.25, 0.3) is 0 Å². The Labute approximate surface area is 195 Å². The SMILES string of the molecule is Cc1ccc(F)cc1CN(c1ccc(C#N)c(Cl)c1)[C@H]1CCN(S(=O)(=O)CCC(F)(F)F)C1. The quantitative estimate of drug-likeness (QED) is 0.498. The van der Waals surface area contributed by atoms with E-state index in [1.807, 2.05) is 17.9 Å². The summed E-state index contributed by atoms with van der Waals surface area (Å²) in [5.41, 5.74) is 2.37. The van der Waals surface area contributed by atoms with Gasteiger partial charge in [-0.25, -0.2) is 12.8 Å². The Balaban J connectivity index is 1.89. The van der Waals surface area contributed by atoms with Crippen molar-refractivity contribution in [3.05, 3.63) is 63.9 Å². The first kappa shape index (κ1) is 25.3. The molecule has 0 spiro atoms. The third kappa shape index (κ3) is 6.37. The third-order valence-electron chi connectivity index (χ3n) is 5.66. The van der Waals surface area contributed by atoms with Crippen LogP contribution in [-0.2, 0) is 16.6 Å². The monoisotopic (exact) mass is 503 g/mol. The Hall–Kier alpha value is -2.35. The van der Waals surface area contributed by atoms with Crippen molar-refractivity contribution in [1.82, 2.24) is 4.31 Å². The van der Waals surface area contributed by atoms with E-state index < -0.39 is 34.2 Å². The molecule has 5 nitrogen and oxygen atoms in total. The summed E-state index contributed by atoms with van der Waals surface area (Å²) < 4.78 is 77.6. The number of rotatable bonds is 7. The van der Waals surface area contributed by atoms with Gasteiger partial charge in [-0.15, -0.1) is 0 Å². The lowest BCUT2D eigenvalue weighted by Gasteiger charge is -2.32. The fraction of sp³-hybridized carbons (Fsp3) is 0.409. The van der Waals surface area contributed by atoms with Crippen molar-refractivity contribution < 1.29 is 26.0 Å². The zero-order valence-corrected chi connectivity index (χ0v) is 19.3. The van der Waals surface area contributed by atoms with Gasteiger partial charge in [0.1, 0.15) is 11.9 Å². The highest BCUT2D eigenvalue weighted by molar-refractivity contribution is 7.89. The number of anilines is 1. The minimum atomic E-state index is -4.56. The van der Waals surface area contributed by atoms with E-state index in [2.05, 4.69) is 0 Å². The Morgan fingerprint density at radius 1 is 1.24 bits per heavy atom. The van der Waals surface area contributed by atoms with Gasteiger partial charge < -0.3 is 4.90 Å². The van der Waals surface area contributed by atoms with E-state index in [1.54, 1.807) is 18.2 Å². The summed E-state index contributed by atoms with van der Waals surface area (Å²) in [6, 6.07) is 10.7. The molecule has 0 bridgehead atoms. The molecule has 1 aliphatic rings. The van der Waals surface area contributed by atoms with E-state index in [1.165, 1.54) is 18.2 Å². The number of alkyl halides is 3. The Morgan fingerprint density at radius 3 is 2.61 bits per heavy atom. The van der Waals surface area contributed by atoms with Gasteiger partial charge in [-0.1, -0.05) is 17.7 Å². The molecule has 0 radical (unpaired) electrons. The zero-order valence-electron chi connectivity index (χ0n) is 17.7. The first-order chi connectivity index (χ1) is 15.4. The van der Waals surface area contributed by atoms with Gasteiger partial charge in [0, 0.05) is 31.4 Å². The average Bonchev–Trinajstić information content (AvgIpc) is 3.23. The Morgan fingerprint density at radius 2 is 1.97 bits per heavy atom. The van der Waals surface area contributed by atoms with Crippen LogP contribution in [0.3, 0.4) is 0 Å².